The quantitative estimate of drug-likeness (QED) is 0.800. The molecule has 2 aromatic rings. The van der Waals surface area contributed by atoms with Gasteiger partial charge >= 0.3 is 5.97 Å². The number of cyclic esters (lactones) is 1. The summed E-state index contributed by atoms with van der Waals surface area (Å²) in [4.78, 5) is 27.4. The fourth-order valence-electron chi connectivity index (χ4n) is 3.37. The first-order valence-corrected chi connectivity index (χ1v) is 8.56. The molecule has 0 fully saturated rings. The Balaban J connectivity index is 1.98. The smallest absolute Gasteiger partial charge is 0.339 e. The van der Waals surface area contributed by atoms with Crippen molar-refractivity contribution in [3.63, 3.8) is 0 Å². The SMILES string of the molecule is CCN(C(=O)C1(C)Cc2ccccc2C(=O)O1)c1cc(C)ccc1C. The molecule has 1 unspecified atom stereocenters. The number of carbonyl (C=O) groups is 2. The lowest BCUT2D eigenvalue weighted by Crippen LogP contribution is -2.53. The molecule has 2 aromatic carbocycles. The summed E-state index contributed by atoms with van der Waals surface area (Å²) in [6.07, 6.45) is 0.384. The van der Waals surface area contributed by atoms with Crippen LogP contribution in [-0.2, 0) is 16.0 Å². The normalized spacial score (nSPS) is 19.1. The zero-order chi connectivity index (χ0) is 18.2. The second-order valence-corrected chi connectivity index (χ2v) is 6.79. The van der Waals surface area contributed by atoms with E-state index in [0.29, 0.717) is 18.5 Å². The average molecular weight is 337 g/mol. The highest BCUT2D eigenvalue weighted by Crippen LogP contribution is 2.32. The summed E-state index contributed by atoms with van der Waals surface area (Å²) in [6.45, 7) is 8.13. The molecule has 1 heterocycles. The van der Waals surface area contributed by atoms with E-state index in [1.54, 1.807) is 24.0 Å². The molecule has 0 N–H and O–H groups in total. The molecule has 0 spiro atoms. The van der Waals surface area contributed by atoms with Gasteiger partial charge in [-0.2, -0.15) is 0 Å². The molecule has 0 saturated carbocycles. The van der Waals surface area contributed by atoms with Crippen LogP contribution in [0.25, 0.3) is 0 Å². The zero-order valence-corrected chi connectivity index (χ0v) is 15.1. The number of hydrogen-bond acceptors (Lipinski definition) is 3. The first-order chi connectivity index (χ1) is 11.9. The van der Waals surface area contributed by atoms with Crippen molar-refractivity contribution in [2.75, 3.05) is 11.4 Å². The van der Waals surface area contributed by atoms with Crippen LogP contribution in [-0.4, -0.2) is 24.0 Å². The minimum Gasteiger partial charge on any atom is -0.445 e. The molecule has 4 heteroatoms. The number of rotatable bonds is 3. The third-order valence-corrected chi connectivity index (χ3v) is 4.75. The lowest BCUT2D eigenvalue weighted by molar-refractivity contribution is -0.136. The topological polar surface area (TPSA) is 46.6 Å². The predicted molar refractivity (Wildman–Crippen MR) is 97.9 cm³/mol. The summed E-state index contributed by atoms with van der Waals surface area (Å²) in [5.41, 5.74) is 3.17. The first-order valence-electron chi connectivity index (χ1n) is 8.56. The van der Waals surface area contributed by atoms with Gasteiger partial charge in [-0.25, -0.2) is 4.79 Å². The van der Waals surface area contributed by atoms with Crippen LogP contribution < -0.4 is 4.90 Å². The van der Waals surface area contributed by atoms with Crippen molar-refractivity contribution in [1.29, 1.82) is 0 Å². The molecule has 0 bridgehead atoms. The number of benzene rings is 2. The summed E-state index contributed by atoms with van der Waals surface area (Å²) in [5, 5.41) is 0. The fourth-order valence-corrected chi connectivity index (χ4v) is 3.37. The zero-order valence-electron chi connectivity index (χ0n) is 15.1. The number of likely N-dealkylation sites (N-methyl/N-ethyl adjacent to an activating group) is 1. The lowest BCUT2D eigenvalue weighted by atomic mass is 9.88. The van der Waals surface area contributed by atoms with Crippen molar-refractivity contribution in [2.24, 2.45) is 0 Å². The molecule has 0 radical (unpaired) electrons. The minimum absolute atomic E-state index is 0.188. The number of fused-ring (bicyclic) bond motifs is 1. The van der Waals surface area contributed by atoms with E-state index >= 15 is 0 Å². The number of carbonyl (C=O) groups excluding carboxylic acids is 2. The molecule has 0 aliphatic carbocycles. The number of esters is 1. The van der Waals surface area contributed by atoms with Crippen molar-refractivity contribution in [1.82, 2.24) is 0 Å². The molecule has 25 heavy (non-hydrogen) atoms. The van der Waals surface area contributed by atoms with Gasteiger partial charge in [0.2, 0.25) is 0 Å². The Labute approximate surface area is 148 Å². The number of hydrogen-bond donors (Lipinski definition) is 0. The van der Waals surface area contributed by atoms with E-state index < -0.39 is 11.6 Å². The van der Waals surface area contributed by atoms with E-state index in [1.807, 2.05) is 51.1 Å². The van der Waals surface area contributed by atoms with Gasteiger partial charge in [0, 0.05) is 18.7 Å². The van der Waals surface area contributed by atoms with Crippen molar-refractivity contribution < 1.29 is 14.3 Å². The van der Waals surface area contributed by atoms with Gasteiger partial charge in [0.1, 0.15) is 0 Å². The molecule has 1 aliphatic heterocycles. The van der Waals surface area contributed by atoms with Gasteiger partial charge < -0.3 is 9.64 Å². The maximum Gasteiger partial charge on any atom is 0.339 e. The van der Waals surface area contributed by atoms with Gasteiger partial charge in [0.05, 0.1) is 5.56 Å². The molecule has 3 rings (SSSR count). The Morgan fingerprint density at radius 1 is 1.20 bits per heavy atom. The van der Waals surface area contributed by atoms with Crippen molar-refractivity contribution >= 4 is 17.6 Å². The molecular formula is C21H23NO3. The van der Waals surface area contributed by atoms with Gasteiger partial charge in [0.25, 0.3) is 5.91 Å². The van der Waals surface area contributed by atoms with Crippen LogP contribution in [0.4, 0.5) is 5.69 Å². The summed E-state index contributed by atoms with van der Waals surface area (Å²) in [5.74, 6) is -0.624. The maximum absolute atomic E-state index is 13.3. The van der Waals surface area contributed by atoms with E-state index in [0.717, 1.165) is 22.4 Å². The summed E-state index contributed by atoms with van der Waals surface area (Å²) >= 11 is 0. The third kappa shape index (κ3) is 3.04. The first kappa shape index (κ1) is 17.2. The Bertz CT molecular complexity index is 843. The van der Waals surface area contributed by atoms with Crippen LogP contribution in [0.1, 0.15) is 40.9 Å². The van der Waals surface area contributed by atoms with Crippen molar-refractivity contribution in [2.45, 2.75) is 39.7 Å². The van der Waals surface area contributed by atoms with Crippen LogP contribution in [0.3, 0.4) is 0 Å². The summed E-state index contributed by atoms with van der Waals surface area (Å²) < 4.78 is 5.61. The van der Waals surface area contributed by atoms with Gasteiger partial charge in [-0.05, 0) is 56.5 Å². The van der Waals surface area contributed by atoms with Gasteiger partial charge in [-0.3, -0.25) is 4.79 Å². The van der Waals surface area contributed by atoms with Crippen LogP contribution >= 0.6 is 0 Å². The number of amides is 1. The van der Waals surface area contributed by atoms with Crippen molar-refractivity contribution in [3.05, 3.63) is 64.7 Å². The van der Waals surface area contributed by atoms with Gasteiger partial charge in [-0.1, -0.05) is 30.3 Å². The fraction of sp³-hybridized carbons (Fsp3) is 0.333. The van der Waals surface area contributed by atoms with Crippen LogP contribution in [0, 0.1) is 13.8 Å². The van der Waals surface area contributed by atoms with Crippen LogP contribution in [0.15, 0.2) is 42.5 Å². The molecule has 130 valence electrons. The molecular weight excluding hydrogens is 314 g/mol. The van der Waals surface area contributed by atoms with Gasteiger partial charge in [0.15, 0.2) is 5.60 Å². The molecule has 1 atom stereocenters. The number of ether oxygens (including phenoxy) is 1. The molecule has 0 saturated heterocycles. The number of anilines is 1. The van der Waals surface area contributed by atoms with Crippen molar-refractivity contribution in [3.8, 4) is 0 Å². The standard InChI is InChI=1S/C21H23NO3/c1-5-22(18-12-14(2)10-11-15(18)3)20(24)21(4)13-16-8-6-7-9-17(16)19(23)25-21/h6-12H,5,13H2,1-4H3. The van der Waals surface area contributed by atoms with E-state index in [2.05, 4.69) is 0 Å². The highest BCUT2D eigenvalue weighted by atomic mass is 16.6. The average Bonchev–Trinajstić information content (AvgIpc) is 2.58. The van der Waals surface area contributed by atoms with E-state index in [1.165, 1.54) is 0 Å². The second kappa shape index (κ2) is 6.36. The molecule has 4 nitrogen and oxygen atoms in total. The second-order valence-electron chi connectivity index (χ2n) is 6.79. The van der Waals surface area contributed by atoms with E-state index in [9.17, 15) is 9.59 Å². The summed E-state index contributed by atoms with van der Waals surface area (Å²) in [7, 11) is 0. The van der Waals surface area contributed by atoms with Gasteiger partial charge in [-0.15, -0.1) is 0 Å². The van der Waals surface area contributed by atoms with Crippen LogP contribution in [0.5, 0.6) is 0 Å². The highest BCUT2D eigenvalue weighted by molar-refractivity contribution is 6.04. The monoisotopic (exact) mass is 337 g/mol. The Morgan fingerprint density at radius 3 is 2.64 bits per heavy atom. The Morgan fingerprint density at radius 2 is 1.92 bits per heavy atom. The minimum atomic E-state index is -1.20. The third-order valence-electron chi connectivity index (χ3n) is 4.75. The molecule has 0 aromatic heterocycles. The summed E-state index contributed by atoms with van der Waals surface area (Å²) in [6, 6.07) is 13.3. The number of nitrogens with zero attached hydrogens (tertiary/aromatic N) is 1. The largest absolute Gasteiger partial charge is 0.445 e. The Kier molecular flexibility index (Phi) is 4.38. The molecule has 1 amide bonds. The predicted octanol–water partition coefficient (Wildman–Crippen LogP) is 3.83. The maximum atomic E-state index is 13.3. The lowest BCUT2D eigenvalue weighted by Gasteiger charge is -2.37. The molecule has 1 aliphatic rings. The van der Waals surface area contributed by atoms with E-state index in [4.69, 9.17) is 4.74 Å². The highest BCUT2D eigenvalue weighted by Gasteiger charge is 2.45. The van der Waals surface area contributed by atoms with E-state index in [-0.39, 0.29) is 5.91 Å². The Hall–Kier alpha value is -2.62. The number of aryl methyl sites for hydroxylation is 2. The van der Waals surface area contributed by atoms with Crippen LogP contribution in [0.2, 0.25) is 0 Å².